The Bertz CT molecular complexity index is 1040. The third kappa shape index (κ3) is 5.79. The quantitative estimate of drug-likeness (QED) is 0.701. The van der Waals surface area contributed by atoms with Crippen molar-refractivity contribution in [1.82, 2.24) is 15.5 Å². The average molecular weight is 470 g/mol. The van der Waals surface area contributed by atoms with Crippen molar-refractivity contribution in [2.24, 2.45) is 5.92 Å². The van der Waals surface area contributed by atoms with Gasteiger partial charge in [-0.2, -0.15) is 0 Å². The molecule has 0 radical (unpaired) electrons. The fraction of sp³-hybridized carbons (Fsp3) is 0.423. The maximum Gasteiger partial charge on any atom is 0.253 e. The number of benzene rings is 2. The van der Waals surface area contributed by atoms with Gasteiger partial charge in [0.2, 0.25) is 5.91 Å². The van der Waals surface area contributed by atoms with Crippen LogP contribution in [-0.4, -0.2) is 47.8 Å². The van der Waals surface area contributed by atoms with Gasteiger partial charge in [-0.3, -0.25) is 14.4 Å². The number of nitrogens with zero attached hydrogens (tertiary/aromatic N) is 1. The molecule has 0 aromatic heterocycles. The van der Waals surface area contributed by atoms with Crippen molar-refractivity contribution in [3.63, 3.8) is 0 Å². The molecule has 0 spiro atoms. The predicted octanol–water partition coefficient (Wildman–Crippen LogP) is 3.67. The molecule has 4 rings (SSSR count). The Morgan fingerprint density at radius 2 is 1.41 bits per heavy atom. The van der Waals surface area contributed by atoms with Gasteiger partial charge in [0.05, 0.1) is 0 Å². The second-order valence-corrected chi connectivity index (χ2v) is 9.06. The highest BCUT2D eigenvalue weighted by Gasteiger charge is 2.32. The van der Waals surface area contributed by atoms with Crippen LogP contribution in [0, 0.1) is 17.6 Å². The smallest absolute Gasteiger partial charge is 0.253 e. The number of nitrogens with one attached hydrogen (secondary N) is 2. The Labute approximate surface area is 197 Å². The highest BCUT2D eigenvalue weighted by molar-refractivity contribution is 5.95. The molecule has 2 N–H and O–H groups in total. The summed E-state index contributed by atoms with van der Waals surface area (Å²) in [7, 11) is 0. The lowest BCUT2D eigenvalue weighted by Gasteiger charge is -2.36. The van der Waals surface area contributed by atoms with E-state index in [0.29, 0.717) is 37.1 Å². The number of rotatable bonds is 5. The van der Waals surface area contributed by atoms with E-state index >= 15 is 0 Å². The molecule has 2 aromatic rings. The summed E-state index contributed by atoms with van der Waals surface area (Å²) in [6.07, 6.45) is 4.53. The summed E-state index contributed by atoms with van der Waals surface area (Å²) < 4.78 is 26.6. The maximum atomic E-state index is 13.4. The van der Waals surface area contributed by atoms with E-state index in [4.69, 9.17) is 0 Å². The van der Waals surface area contributed by atoms with Gasteiger partial charge in [-0.25, -0.2) is 8.78 Å². The molecule has 2 aliphatic rings. The van der Waals surface area contributed by atoms with Gasteiger partial charge in [0, 0.05) is 42.2 Å². The summed E-state index contributed by atoms with van der Waals surface area (Å²) in [6.45, 7) is 0.867. The molecular weight excluding hydrogens is 440 g/mol. The standard InChI is InChI=1S/C26H29F2N3O3/c27-20-10-8-17(9-11-20)24(32)29-22-6-1-2-7-23(22)30-25(33)18-12-14-31(15-13-18)26(34)19-4-3-5-21(28)16-19/h3-5,8-11,16,18,22-23H,1-2,6-7,12-15H2,(H,29,32)(H,30,33)/t22-,23?/m1/s1. The van der Waals surface area contributed by atoms with E-state index in [1.807, 2.05) is 0 Å². The molecule has 0 bridgehead atoms. The van der Waals surface area contributed by atoms with Gasteiger partial charge in [0.25, 0.3) is 11.8 Å². The lowest BCUT2D eigenvalue weighted by atomic mass is 9.88. The average Bonchev–Trinajstić information content (AvgIpc) is 2.85. The lowest BCUT2D eigenvalue weighted by Crippen LogP contribution is -2.55. The minimum atomic E-state index is -0.450. The van der Waals surface area contributed by atoms with Gasteiger partial charge in [0.1, 0.15) is 11.6 Å². The molecule has 34 heavy (non-hydrogen) atoms. The number of likely N-dealkylation sites (tertiary alicyclic amines) is 1. The summed E-state index contributed by atoms with van der Waals surface area (Å²) >= 11 is 0. The Kier molecular flexibility index (Phi) is 7.55. The van der Waals surface area contributed by atoms with Crippen LogP contribution >= 0.6 is 0 Å². The zero-order valence-electron chi connectivity index (χ0n) is 18.9. The Morgan fingerprint density at radius 3 is 2.06 bits per heavy atom. The first-order valence-electron chi connectivity index (χ1n) is 11.8. The number of piperidine rings is 1. The van der Waals surface area contributed by atoms with Gasteiger partial charge < -0.3 is 15.5 Å². The minimum absolute atomic E-state index is 0.0641. The SMILES string of the molecule is O=C(N[C@@H]1CCCCC1NC(=O)C1CCN(C(=O)c2cccc(F)c2)CC1)c1ccc(F)cc1. The van der Waals surface area contributed by atoms with Gasteiger partial charge >= 0.3 is 0 Å². The summed E-state index contributed by atoms with van der Waals surface area (Å²) in [6, 6.07) is 10.7. The van der Waals surface area contributed by atoms with Crippen LogP contribution in [-0.2, 0) is 4.79 Å². The third-order valence-electron chi connectivity index (χ3n) is 6.74. The van der Waals surface area contributed by atoms with Gasteiger partial charge in [-0.1, -0.05) is 18.9 Å². The largest absolute Gasteiger partial charge is 0.351 e. The molecule has 6 nitrogen and oxygen atoms in total. The molecule has 2 fully saturated rings. The third-order valence-corrected chi connectivity index (χ3v) is 6.74. The Morgan fingerprint density at radius 1 is 0.765 bits per heavy atom. The first kappa shape index (κ1) is 23.9. The molecule has 1 saturated heterocycles. The number of carbonyl (C=O) groups excluding carboxylic acids is 3. The van der Waals surface area contributed by atoms with Crippen molar-refractivity contribution < 1.29 is 23.2 Å². The van der Waals surface area contributed by atoms with E-state index in [9.17, 15) is 23.2 Å². The summed E-state index contributed by atoms with van der Waals surface area (Å²) in [5.74, 6) is -1.64. The lowest BCUT2D eigenvalue weighted by molar-refractivity contribution is -0.127. The predicted molar refractivity (Wildman–Crippen MR) is 123 cm³/mol. The number of amides is 3. The van der Waals surface area contributed by atoms with Crippen LogP contribution < -0.4 is 10.6 Å². The van der Waals surface area contributed by atoms with Gasteiger partial charge in [-0.05, 0) is 68.1 Å². The minimum Gasteiger partial charge on any atom is -0.351 e. The van der Waals surface area contributed by atoms with Gasteiger partial charge in [-0.15, -0.1) is 0 Å². The van der Waals surface area contributed by atoms with Gasteiger partial charge in [0.15, 0.2) is 0 Å². The van der Waals surface area contributed by atoms with Crippen molar-refractivity contribution in [2.45, 2.75) is 50.6 Å². The van der Waals surface area contributed by atoms with Crippen LogP contribution in [0.25, 0.3) is 0 Å². The zero-order valence-corrected chi connectivity index (χ0v) is 18.9. The fourth-order valence-corrected chi connectivity index (χ4v) is 4.78. The number of hydrogen-bond donors (Lipinski definition) is 2. The van der Waals surface area contributed by atoms with E-state index in [2.05, 4.69) is 10.6 Å². The van der Waals surface area contributed by atoms with E-state index in [1.165, 1.54) is 42.5 Å². The second-order valence-electron chi connectivity index (χ2n) is 9.06. The molecule has 8 heteroatoms. The first-order valence-corrected chi connectivity index (χ1v) is 11.8. The summed E-state index contributed by atoms with van der Waals surface area (Å²) in [5, 5.41) is 6.12. The summed E-state index contributed by atoms with van der Waals surface area (Å²) in [4.78, 5) is 39.8. The van der Waals surface area contributed by atoms with Crippen molar-refractivity contribution >= 4 is 17.7 Å². The molecule has 1 unspecified atom stereocenters. The monoisotopic (exact) mass is 469 g/mol. The van der Waals surface area contributed by atoms with E-state index < -0.39 is 11.6 Å². The van der Waals surface area contributed by atoms with Crippen LogP contribution in [0.4, 0.5) is 8.78 Å². The molecule has 2 atom stereocenters. The number of carbonyl (C=O) groups is 3. The molecule has 1 saturated carbocycles. The molecule has 2 aromatic carbocycles. The molecule has 1 aliphatic heterocycles. The number of halogens is 2. The number of hydrogen-bond acceptors (Lipinski definition) is 3. The first-order chi connectivity index (χ1) is 16.4. The Balaban J connectivity index is 1.30. The van der Waals surface area contributed by atoms with Crippen LogP contribution in [0.1, 0.15) is 59.2 Å². The highest BCUT2D eigenvalue weighted by Crippen LogP contribution is 2.23. The van der Waals surface area contributed by atoms with E-state index in [-0.39, 0.29) is 35.7 Å². The van der Waals surface area contributed by atoms with Crippen LogP contribution in [0.15, 0.2) is 48.5 Å². The fourth-order valence-electron chi connectivity index (χ4n) is 4.78. The highest BCUT2D eigenvalue weighted by atomic mass is 19.1. The van der Waals surface area contributed by atoms with Crippen molar-refractivity contribution in [1.29, 1.82) is 0 Å². The molecule has 1 heterocycles. The van der Waals surface area contributed by atoms with Crippen LogP contribution in [0.2, 0.25) is 0 Å². The van der Waals surface area contributed by atoms with Crippen molar-refractivity contribution in [3.8, 4) is 0 Å². The Hall–Kier alpha value is -3.29. The molecule has 180 valence electrons. The molecule has 3 amide bonds. The summed E-state index contributed by atoms with van der Waals surface area (Å²) in [5.41, 5.74) is 0.692. The second kappa shape index (κ2) is 10.8. The molecule has 1 aliphatic carbocycles. The van der Waals surface area contributed by atoms with Crippen molar-refractivity contribution in [2.75, 3.05) is 13.1 Å². The molecular formula is C26H29F2N3O3. The van der Waals surface area contributed by atoms with Crippen LogP contribution in [0.3, 0.4) is 0 Å². The van der Waals surface area contributed by atoms with Crippen molar-refractivity contribution in [3.05, 3.63) is 71.3 Å². The zero-order chi connectivity index (χ0) is 24.1. The topological polar surface area (TPSA) is 78.5 Å². The maximum absolute atomic E-state index is 13.4. The van der Waals surface area contributed by atoms with E-state index in [0.717, 1.165) is 25.7 Å². The normalized spacial score (nSPS) is 21.1. The van der Waals surface area contributed by atoms with Crippen LogP contribution in [0.5, 0.6) is 0 Å². The van der Waals surface area contributed by atoms with E-state index in [1.54, 1.807) is 11.0 Å².